The number of pyridine rings is 1. The number of nitrogens with zero attached hydrogens (tertiary/aromatic N) is 2. The van der Waals surface area contributed by atoms with Crippen LogP contribution in [-0.4, -0.2) is 22.1 Å². The molecule has 6 heteroatoms. The SMILES string of the molecule is CNC(c1cnc(C(C)(C)O)s1)c1cc(F)ncc1-c1c2c(cc3c1CCC3)CCC2. The standard InChI is InChI=1S/C25H28FN3OS/c1-25(2,30)24-29-13-20(31-24)23(27-3)18-11-21(26)28-12-19(18)22-16-8-4-6-14(16)10-15-7-5-9-17(15)22/h10-13,23,27,30H,4-9H2,1-3H3. The minimum absolute atomic E-state index is 0.226. The first-order valence-electron chi connectivity index (χ1n) is 11.0. The zero-order chi connectivity index (χ0) is 21.8. The molecule has 0 radical (unpaired) electrons. The van der Waals surface area contributed by atoms with E-state index in [1.807, 2.05) is 7.05 Å². The molecule has 0 fully saturated rings. The van der Waals surface area contributed by atoms with Gasteiger partial charge in [0, 0.05) is 22.8 Å². The summed E-state index contributed by atoms with van der Waals surface area (Å²) >= 11 is 1.46. The van der Waals surface area contributed by atoms with Crippen molar-refractivity contribution in [2.24, 2.45) is 0 Å². The van der Waals surface area contributed by atoms with E-state index < -0.39 is 11.5 Å². The third kappa shape index (κ3) is 3.60. The van der Waals surface area contributed by atoms with Gasteiger partial charge in [-0.05, 0) is 98.9 Å². The topological polar surface area (TPSA) is 58.0 Å². The van der Waals surface area contributed by atoms with Crippen LogP contribution in [0.25, 0.3) is 11.1 Å². The van der Waals surface area contributed by atoms with Crippen molar-refractivity contribution < 1.29 is 9.50 Å². The van der Waals surface area contributed by atoms with Crippen molar-refractivity contribution in [3.05, 3.63) is 68.2 Å². The van der Waals surface area contributed by atoms with Crippen LogP contribution in [0.5, 0.6) is 0 Å². The largest absolute Gasteiger partial charge is 0.383 e. The van der Waals surface area contributed by atoms with E-state index in [-0.39, 0.29) is 6.04 Å². The lowest BCUT2D eigenvalue weighted by atomic mass is 9.86. The molecular formula is C25H28FN3OS. The third-order valence-corrected chi connectivity index (χ3v) is 7.95. The van der Waals surface area contributed by atoms with E-state index in [9.17, 15) is 9.50 Å². The highest BCUT2D eigenvalue weighted by Gasteiger charge is 2.29. The number of fused-ring (bicyclic) bond motifs is 2. The van der Waals surface area contributed by atoms with Crippen LogP contribution in [0.2, 0.25) is 0 Å². The summed E-state index contributed by atoms with van der Waals surface area (Å²) in [5.41, 5.74) is 7.94. The smallest absolute Gasteiger partial charge is 0.213 e. The summed E-state index contributed by atoms with van der Waals surface area (Å²) in [7, 11) is 1.89. The zero-order valence-electron chi connectivity index (χ0n) is 18.3. The van der Waals surface area contributed by atoms with Crippen LogP contribution in [0.4, 0.5) is 4.39 Å². The third-order valence-electron chi connectivity index (χ3n) is 6.58. The van der Waals surface area contributed by atoms with Crippen molar-refractivity contribution in [1.82, 2.24) is 15.3 Å². The molecule has 0 amide bonds. The van der Waals surface area contributed by atoms with E-state index in [0.29, 0.717) is 5.01 Å². The Bertz CT molecular complexity index is 1120. The molecule has 2 aromatic heterocycles. The van der Waals surface area contributed by atoms with Gasteiger partial charge < -0.3 is 10.4 Å². The number of hydrogen-bond donors (Lipinski definition) is 2. The van der Waals surface area contributed by atoms with Gasteiger partial charge in [0.1, 0.15) is 10.6 Å². The molecular weight excluding hydrogens is 409 g/mol. The van der Waals surface area contributed by atoms with Crippen molar-refractivity contribution in [3.8, 4) is 11.1 Å². The summed E-state index contributed by atoms with van der Waals surface area (Å²) in [5.74, 6) is -0.476. The second-order valence-electron chi connectivity index (χ2n) is 9.18. The highest BCUT2D eigenvalue weighted by molar-refractivity contribution is 7.11. The van der Waals surface area contributed by atoms with Crippen LogP contribution in [0.15, 0.2) is 24.5 Å². The molecule has 2 N–H and O–H groups in total. The van der Waals surface area contributed by atoms with Crippen molar-refractivity contribution in [1.29, 1.82) is 0 Å². The molecule has 0 bridgehead atoms. The summed E-state index contributed by atoms with van der Waals surface area (Å²) in [6.45, 7) is 3.47. The Labute approximate surface area is 186 Å². The summed E-state index contributed by atoms with van der Waals surface area (Å²) < 4.78 is 14.4. The number of rotatable bonds is 5. The number of aliphatic hydroxyl groups is 1. The predicted molar refractivity (Wildman–Crippen MR) is 122 cm³/mol. The van der Waals surface area contributed by atoms with Gasteiger partial charge >= 0.3 is 0 Å². The van der Waals surface area contributed by atoms with Crippen molar-refractivity contribution in [2.75, 3.05) is 7.05 Å². The number of aryl methyl sites for hydroxylation is 2. The summed E-state index contributed by atoms with van der Waals surface area (Å²) in [4.78, 5) is 9.47. The van der Waals surface area contributed by atoms with Gasteiger partial charge in [0.25, 0.3) is 0 Å². The van der Waals surface area contributed by atoms with E-state index in [0.717, 1.165) is 41.7 Å². The van der Waals surface area contributed by atoms with Crippen LogP contribution in [0.1, 0.15) is 70.4 Å². The van der Waals surface area contributed by atoms with Gasteiger partial charge in [-0.1, -0.05) is 6.07 Å². The summed E-state index contributed by atoms with van der Waals surface area (Å²) in [6.07, 6.45) is 10.3. The van der Waals surface area contributed by atoms with Crippen LogP contribution in [0, 0.1) is 5.95 Å². The van der Waals surface area contributed by atoms with Gasteiger partial charge in [0.15, 0.2) is 0 Å². The maximum absolute atomic E-state index is 14.4. The molecule has 1 unspecified atom stereocenters. The van der Waals surface area contributed by atoms with Gasteiger partial charge in [0.2, 0.25) is 5.95 Å². The highest BCUT2D eigenvalue weighted by atomic mass is 32.1. The van der Waals surface area contributed by atoms with Gasteiger partial charge in [-0.2, -0.15) is 4.39 Å². The van der Waals surface area contributed by atoms with E-state index in [1.54, 1.807) is 32.3 Å². The second-order valence-corrected chi connectivity index (χ2v) is 10.2. The average molecular weight is 438 g/mol. The molecule has 2 aliphatic rings. The first kappa shape index (κ1) is 20.7. The number of nitrogens with one attached hydrogen (secondary N) is 1. The Kier molecular flexibility index (Phi) is 5.19. The van der Waals surface area contributed by atoms with Crippen molar-refractivity contribution >= 4 is 11.3 Å². The lowest BCUT2D eigenvalue weighted by Crippen LogP contribution is -2.18. The predicted octanol–water partition coefficient (Wildman–Crippen LogP) is 4.86. The number of benzene rings is 1. The average Bonchev–Trinajstić information content (AvgIpc) is 3.47. The molecule has 4 nitrogen and oxygen atoms in total. The summed E-state index contributed by atoms with van der Waals surface area (Å²) in [5, 5.41) is 14.4. The fourth-order valence-corrected chi connectivity index (χ4v) is 6.23. The van der Waals surface area contributed by atoms with Gasteiger partial charge in [0.05, 0.1) is 6.04 Å². The van der Waals surface area contributed by atoms with E-state index in [4.69, 9.17) is 0 Å². The molecule has 2 heterocycles. The number of thiazole rings is 1. The normalized spacial score (nSPS) is 16.4. The van der Waals surface area contributed by atoms with E-state index in [2.05, 4.69) is 21.4 Å². The van der Waals surface area contributed by atoms with Crippen LogP contribution in [-0.2, 0) is 31.3 Å². The van der Waals surface area contributed by atoms with Gasteiger partial charge in [-0.25, -0.2) is 9.97 Å². The zero-order valence-corrected chi connectivity index (χ0v) is 19.1. The Morgan fingerprint density at radius 1 is 1.03 bits per heavy atom. The first-order valence-corrected chi connectivity index (χ1v) is 11.9. The van der Waals surface area contributed by atoms with Crippen molar-refractivity contribution in [3.63, 3.8) is 0 Å². The van der Waals surface area contributed by atoms with E-state index >= 15 is 0 Å². The molecule has 31 heavy (non-hydrogen) atoms. The Balaban J connectivity index is 1.70. The molecule has 0 spiro atoms. The number of aromatic nitrogens is 2. The maximum atomic E-state index is 14.4. The highest BCUT2D eigenvalue weighted by Crippen LogP contribution is 2.44. The summed E-state index contributed by atoms with van der Waals surface area (Å²) in [6, 6.07) is 3.75. The molecule has 0 aliphatic heterocycles. The van der Waals surface area contributed by atoms with Crippen LogP contribution >= 0.6 is 11.3 Å². The molecule has 0 saturated carbocycles. The monoisotopic (exact) mass is 437 g/mol. The Morgan fingerprint density at radius 3 is 2.29 bits per heavy atom. The van der Waals surface area contributed by atoms with E-state index in [1.165, 1.54) is 52.0 Å². The first-order chi connectivity index (χ1) is 14.9. The van der Waals surface area contributed by atoms with Crippen molar-refractivity contribution in [2.45, 2.75) is 64.0 Å². The number of halogens is 1. The fraction of sp³-hybridized carbons (Fsp3) is 0.440. The lowest BCUT2D eigenvalue weighted by Gasteiger charge is -2.22. The minimum atomic E-state index is -1.01. The van der Waals surface area contributed by atoms with Crippen LogP contribution < -0.4 is 5.32 Å². The Hall–Kier alpha value is -2.15. The minimum Gasteiger partial charge on any atom is -0.383 e. The lowest BCUT2D eigenvalue weighted by molar-refractivity contribution is 0.0783. The molecule has 5 rings (SSSR count). The second kappa shape index (κ2) is 7.76. The molecule has 2 aliphatic carbocycles. The molecule has 1 atom stereocenters. The Morgan fingerprint density at radius 2 is 1.71 bits per heavy atom. The van der Waals surface area contributed by atoms with Gasteiger partial charge in [-0.3, -0.25) is 0 Å². The molecule has 162 valence electrons. The number of hydrogen-bond acceptors (Lipinski definition) is 5. The van der Waals surface area contributed by atoms with Gasteiger partial charge in [-0.15, -0.1) is 11.3 Å². The molecule has 1 aromatic carbocycles. The maximum Gasteiger partial charge on any atom is 0.213 e. The fourth-order valence-electron chi connectivity index (χ4n) is 5.19. The quantitative estimate of drug-likeness (QED) is 0.560. The van der Waals surface area contributed by atoms with Crippen LogP contribution in [0.3, 0.4) is 0 Å². The molecule has 3 aromatic rings. The molecule has 0 saturated heterocycles.